The fraction of sp³-hybridized carbons (Fsp3) is 0.391. The Hall–Kier alpha value is -3.22. The molecule has 0 saturated carbocycles. The van der Waals surface area contributed by atoms with Gasteiger partial charge in [-0.3, -0.25) is 9.78 Å². The van der Waals surface area contributed by atoms with Gasteiger partial charge in [0.25, 0.3) is 0 Å². The maximum Gasteiger partial charge on any atom is 0.407 e. The van der Waals surface area contributed by atoms with Gasteiger partial charge in [-0.1, -0.05) is 6.07 Å². The minimum Gasteiger partial charge on any atom is -0.446 e. The van der Waals surface area contributed by atoms with E-state index in [0.717, 1.165) is 35.5 Å². The van der Waals surface area contributed by atoms with Crippen LogP contribution in [0.25, 0.3) is 6.08 Å². The lowest BCUT2D eigenvalue weighted by Crippen LogP contribution is -2.36. The summed E-state index contributed by atoms with van der Waals surface area (Å²) in [7, 11) is 0. The van der Waals surface area contributed by atoms with Crippen molar-refractivity contribution in [3.8, 4) is 6.07 Å². The molecule has 4 rings (SSSR count). The first-order chi connectivity index (χ1) is 15.6. The Morgan fingerprint density at radius 3 is 3.06 bits per heavy atom. The molecule has 0 bridgehead atoms. The normalized spacial score (nSPS) is 19.8. The molecular weight excluding hydrogens is 428 g/mol. The van der Waals surface area contributed by atoms with Gasteiger partial charge in [-0.15, -0.1) is 11.3 Å². The van der Waals surface area contributed by atoms with Crippen molar-refractivity contribution >= 4 is 34.4 Å². The molecule has 2 aliphatic rings. The smallest absolute Gasteiger partial charge is 0.407 e. The number of nitrogens with zero attached hydrogens (tertiary/aromatic N) is 2. The number of ether oxygens (including phenoxy) is 2. The third kappa shape index (κ3) is 5.52. The average molecular weight is 453 g/mol. The molecule has 0 aromatic carbocycles. The first-order valence-corrected chi connectivity index (χ1v) is 11.4. The Bertz CT molecular complexity index is 1040. The van der Waals surface area contributed by atoms with Crippen LogP contribution >= 0.6 is 11.3 Å². The third-order valence-corrected chi connectivity index (χ3v) is 6.62. The zero-order valence-corrected chi connectivity index (χ0v) is 18.3. The highest BCUT2D eigenvalue weighted by atomic mass is 32.1. The van der Waals surface area contributed by atoms with Gasteiger partial charge in [-0.2, -0.15) is 5.26 Å². The number of rotatable bonds is 6. The van der Waals surface area contributed by atoms with Crippen molar-refractivity contribution in [2.45, 2.75) is 44.3 Å². The van der Waals surface area contributed by atoms with Crippen molar-refractivity contribution < 1.29 is 19.1 Å². The maximum absolute atomic E-state index is 12.3. The highest BCUT2D eigenvalue weighted by Crippen LogP contribution is 2.38. The number of aromatic nitrogens is 1. The van der Waals surface area contributed by atoms with Gasteiger partial charge in [0.2, 0.25) is 5.91 Å². The van der Waals surface area contributed by atoms with Crippen LogP contribution in [0.4, 0.5) is 9.80 Å². The first kappa shape index (κ1) is 22.0. The minimum atomic E-state index is -0.444. The van der Waals surface area contributed by atoms with E-state index in [1.165, 1.54) is 17.4 Å². The molecular formula is C23H24N4O4S. The number of anilines is 1. The summed E-state index contributed by atoms with van der Waals surface area (Å²) < 4.78 is 11.1. The second-order valence-corrected chi connectivity index (χ2v) is 8.82. The van der Waals surface area contributed by atoms with Gasteiger partial charge in [0, 0.05) is 42.9 Å². The van der Waals surface area contributed by atoms with E-state index in [9.17, 15) is 14.9 Å². The number of nitriles is 1. The summed E-state index contributed by atoms with van der Waals surface area (Å²) in [5, 5.41) is 15.8. The number of nitrogens with one attached hydrogen (secondary N) is 2. The molecule has 2 aromatic heterocycles. The van der Waals surface area contributed by atoms with Crippen molar-refractivity contribution in [2.75, 3.05) is 18.5 Å². The molecule has 3 heterocycles. The number of thiophene rings is 1. The summed E-state index contributed by atoms with van der Waals surface area (Å²) in [6, 6.07) is 5.85. The zero-order valence-electron chi connectivity index (χ0n) is 17.5. The number of hydrogen-bond acceptors (Lipinski definition) is 7. The molecule has 2 N–H and O–H groups in total. The Morgan fingerprint density at radius 1 is 1.41 bits per heavy atom. The topological polar surface area (TPSA) is 113 Å². The molecule has 8 nitrogen and oxygen atoms in total. The van der Waals surface area contributed by atoms with Crippen LogP contribution in [-0.2, 0) is 27.1 Å². The molecule has 1 saturated heterocycles. The van der Waals surface area contributed by atoms with Crippen LogP contribution in [0.3, 0.4) is 0 Å². The van der Waals surface area contributed by atoms with Gasteiger partial charge in [0.05, 0.1) is 11.7 Å². The van der Waals surface area contributed by atoms with Crippen molar-refractivity contribution in [3.05, 3.63) is 52.2 Å². The lowest BCUT2D eigenvalue weighted by Gasteiger charge is -2.23. The van der Waals surface area contributed by atoms with Crippen LogP contribution in [0.1, 0.15) is 40.8 Å². The zero-order chi connectivity index (χ0) is 22.3. The van der Waals surface area contributed by atoms with Crippen LogP contribution in [0.15, 0.2) is 30.6 Å². The average Bonchev–Trinajstić information content (AvgIpc) is 3.44. The van der Waals surface area contributed by atoms with E-state index in [0.29, 0.717) is 36.4 Å². The fourth-order valence-corrected chi connectivity index (χ4v) is 5.12. The molecule has 1 aliphatic heterocycles. The Balaban J connectivity index is 1.35. The van der Waals surface area contributed by atoms with Crippen LogP contribution in [0, 0.1) is 11.3 Å². The van der Waals surface area contributed by atoms with E-state index in [-0.39, 0.29) is 18.1 Å². The number of pyridine rings is 1. The first-order valence-electron chi connectivity index (χ1n) is 10.6. The van der Waals surface area contributed by atoms with Crippen LogP contribution in [-0.4, -0.2) is 42.3 Å². The molecule has 0 radical (unpaired) electrons. The molecule has 2 amide bonds. The molecule has 2 unspecified atom stereocenters. The largest absolute Gasteiger partial charge is 0.446 e. The number of hydrogen-bond donors (Lipinski definition) is 2. The second-order valence-electron chi connectivity index (χ2n) is 7.71. The molecule has 166 valence electrons. The maximum atomic E-state index is 12.3. The van der Waals surface area contributed by atoms with Crippen molar-refractivity contribution in [3.63, 3.8) is 0 Å². The molecule has 1 aliphatic carbocycles. The monoisotopic (exact) mass is 452 g/mol. The Morgan fingerprint density at radius 2 is 2.31 bits per heavy atom. The number of amides is 2. The molecule has 1 fully saturated rings. The lowest BCUT2D eigenvalue weighted by atomic mass is 9.94. The predicted octanol–water partition coefficient (Wildman–Crippen LogP) is 3.43. The van der Waals surface area contributed by atoms with E-state index in [4.69, 9.17) is 9.47 Å². The molecule has 32 heavy (non-hydrogen) atoms. The second kappa shape index (κ2) is 10.4. The van der Waals surface area contributed by atoms with Crippen LogP contribution < -0.4 is 10.6 Å². The standard InChI is InChI=1S/C23H24N4O4S/c24-12-19-18-7-6-16(31-23(29)26-14-17-4-2-10-30-17)11-20(18)32-22(19)27-21(28)8-5-15-3-1-9-25-13-15/h1,3,5,8-9,13,16-17H,2,4,6-7,10-11,14H2,(H,26,29)(H,27,28). The summed E-state index contributed by atoms with van der Waals surface area (Å²) in [6.07, 6.45) is 9.53. The van der Waals surface area contributed by atoms with Crippen LogP contribution in [0.5, 0.6) is 0 Å². The number of carbonyl (C=O) groups excluding carboxylic acids is 2. The Kier molecular flexibility index (Phi) is 7.14. The van der Waals surface area contributed by atoms with Gasteiger partial charge in [-0.05, 0) is 49.0 Å². The summed E-state index contributed by atoms with van der Waals surface area (Å²) >= 11 is 1.37. The lowest BCUT2D eigenvalue weighted by molar-refractivity contribution is -0.111. The SMILES string of the molecule is N#Cc1c(NC(=O)C=Cc2cccnc2)sc2c1CCC(OC(=O)NCC1CCCO1)C2. The summed E-state index contributed by atoms with van der Waals surface area (Å²) in [6.45, 7) is 1.20. The number of alkyl carbamates (subject to hydrolysis) is 1. The summed E-state index contributed by atoms with van der Waals surface area (Å²) in [5.74, 6) is -0.315. The molecule has 0 spiro atoms. The van der Waals surface area contributed by atoms with Crippen LogP contribution in [0.2, 0.25) is 0 Å². The minimum absolute atomic E-state index is 0.0642. The van der Waals surface area contributed by atoms with E-state index in [1.54, 1.807) is 24.5 Å². The van der Waals surface area contributed by atoms with Crippen molar-refractivity contribution in [2.24, 2.45) is 0 Å². The van der Waals surface area contributed by atoms with Gasteiger partial charge in [0.15, 0.2) is 0 Å². The highest BCUT2D eigenvalue weighted by molar-refractivity contribution is 7.16. The van der Waals surface area contributed by atoms with E-state index < -0.39 is 6.09 Å². The third-order valence-electron chi connectivity index (χ3n) is 5.45. The van der Waals surface area contributed by atoms with Gasteiger partial charge in [-0.25, -0.2) is 4.79 Å². The van der Waals surface area contributed by atoms with Crippen molar-refractivity contribution in [1.29, 1.82) is 5.26 Å². The van der Waals surface area contributed by atoms with Gasteiger partial charge < -0.3 is 20.1 Å². The fourth-order valence-electron chi connectivity index (χ4n) is 3.86. The highest BCUT2D eigenvalue weighted by Gasteiger charge is 2.28. The summed E-state index contributed by atoms with van der Waals surface area (Å²) in [5.41, 5.74) is 2.24. The molecule has 2 atom stereocenters. The van der Waals surface area contributed by atoms with E-state index >= 15 is 0 Å². The van der Waals surface area contributed by atoms with E-state index in [2.05, 4.69) is 21.7 Å². The van der Waals surface area contributed by atoms with Crippen molar-refractivity contribution in [1.82, 2.24) is 10.3 Å². The number of carbonyl (C=O) groups is 2. The number of fused-ring (bicyclic) bond motifs is 1. The van der Waals surface area contributed by atoms with Gasteiger partial charge >= 0.3 is 6.09 Å². The van der Waals surface area contributed by atoms with Gasteiger partial charge in [0.1, 0.15) is 17.2 Å². The Labute approximate surface area is 190 Å². The predicted molar refractivity (Wildman–Crippen MR) is 120 cm³/mol. The summed E-state index contributed by atoms with van der Waals surface area (Å²) in [4.78, 5) is 29.5. The quantitative estimate of drug-likeness (QED) is 0.649. The molecule has 2 aromatic rings. The molecule has 9 heteroatoms. The van der Waals surface area contributed by atoms with E-state index in [1.807, 2.05) is 6.07 Å².